The molecule has 0 saturated heterocycles. The Hall–Kier alpha value is -0.500. The zero-order chi connectivity index (χ0) is 13.9. The van der Waals surface area contributed by atoms with Gasteiger partial charge < -0.3 is 5.43 Å². The highest BCUT2D eigenvalue weighted by Gasteiger charge is 2.29. The molecule has 2 rings (SSSR count). The van der Waals surface area contributed by atoms with Crippen molar-refractivity contribution in [1.29, 1.82) is 0 Å². The number of nitrogens with one attached hydrogen (secondary N) is 1. The fourth-order valence-corrected chi connectivity index (χ4v) is 4.81. The van der Waals surface area contributed by atoms with Crippen molar-refractivity contribution in [2.45, 2.75) is 44.3 Å². The lowest BCUT2D eigenvalue weighted by Crippen LogP contribution is -3.03. The topological polar surface area (TPSA) is 72.9 Å². The number of thioether (sulfide) groups is 1. The molecule has 2 N–H and O–H groups in total. The highest BCUT2D eigenvalue weighted by molar-refractivity contribution is 8.02. The van der Waals surface area contributed by atoms with Gasteiger partial charge in [-0.25, -0.2) is 13.6 Å². The Balaban J connectivity index is 2.17. The van der Waals surface area contributed by atoms with Crippen molar-refractivity contribution in [3.05, 3.63) is 27.6 Å². The average Bonchev–Trinajstić information content (AvgIpc) is 2.42. The second kappa shape index (κ2) is 6.30. The Kier molecular flexibility index (Phi) is 4.94. The fraction of sp³-hybridized carbons (Fsp3) is 0.667. The van der Waals surface area contributed by atoms with E-state index in [-0.39, 0.29) is 15.5 Å². The van der Waals surface area contributed by atoms with Crippen molar-refractivity contribution >= 4 is 21.6 Å². The third-order valence-electron chi connectivity index (χ3n) is 3.40. The molecule has 0 radical (unpaired) electrons. The Morgan fingerprint density at radius 3 is 2.63 bits per heavy atom. The van der Waals surface area contributed by atoms with Gasteiger partial charge in [0, 0.05) is 16.9 Å². The average molecular weight is 304 g/mol. The van der Waals surface area contributed by atoms with Crippen LogP contribution in [-0.2, 0) is 9.84 Å². The number of quaternary nitrogens is 1. The third kappa shape index (κ3) is 3.34. The number of rotatable bonds is 4. The lowest BCUT2D eigenvalue weighted by atomic mass is 10.0. The van der Waals surface area contributed by atoms with Crippen LogP contribution in [0.5, 0.6) is 0 Å². The first-order valence-electron chi connectivity index (χ1n) is 6.62. The molecule has 1 atom stereocenters. The highest BCUT2D eigenvalue weighted by atomic mass is 32.2. The molecule has 1 aliphatic carbocycles. The lowest BCUT2D eigenvalue weighted by molar-refractivity contribution is -1.02. The van der Waals surface area contributed by atoms with Crippen molar-refractivity contribution < 1.29 is 18.8 Å². The van der Waals surface area contributed by atoms with Gasteiger partial charge in [-0.05, 0) is 12.8 Å². The number of hydroxylamine groups is 1. The van der Waals surface area contributed by atoms with Crippen molar-refractivity contribution in [2.24, 2.45) is 0 Å². The fourth-order valence-electron chi connectivity index (χ4n) is 2.39. The molecule has 0 aromatic heterocycles. The van der Waals surface area contributed by atoms with Gasteiger partial charge in [0.1, 0.15) is 0 Å². The minimum absolute atomic E-state index is 0.0114. The van der Waals surface area contributed by atoms with E-state index in [1.165, 1.54) is 17.8 Å². The van der Waals surface area contributed by atoms with Crippen LogP contribution in [0.4, 0.5) is 0 Å². The van der Waals surface area contributed by atoms with E-state index in [0.29, 0.717) is 17.9 Å². The van der Waals surface area contributed by atoms with Gasteiger partial charge in [-0.1, -0.05) is 44.0 Å². The number of nitrogens with zero attached hydrogens (tertiary/aromatic N) is 1. The van der Waals surface area contributed by atoms with Crippen LogP contribution in [0.1, 0.15) is 39.0 Å². The van der Waals surface area contributed by atoms with Crippen LogP contribution in [0.25, 0.3) is 5.43 Å². The summed E-state index contributed by atoms with van der Waals surface area (Å²) in [6, 6.07) is 0. The van der Waals surface area contributed by atoms with E-state index in [2.05, 4.69) is 5.43 Å². The van der Waals surface area contributed by atoms with Crippen LogP contribution in [0.15, 0.2) is 22.2 Å². The molecule has 2 aliphatic rings. The van der Waals surface area contributed by atoms with Gasteiger partial charge in [0.2, 0.25) is 0 Å². The van der Waals surface area contributed by atoms with Crippen molar-refractivity contribution in [2.75, 3.05) is 5.75 Å². The highest BCUT2D eigenvalue weighted by Crippen LogP contribution is 2.30. The summed E-state index contributed by atoms with van der Waals surface area (Å²) in [5.41, 5.74) is 3.89. The van der Waals surface area contributed by atoms with Crippen molar-refractivity contribution in [3.63, 3.8) is 0 Å². The molecule has 0 bridgehead atoms. The van der Waals surface area contributed by atoms with Gasteiger partial charge in [0.25, 0.3) is 0 Å². The molecule has 0 aromatic rings. The van der Waals surface area contributed by atoms with Crippen LogP contribution in [0.3, 0.4) is 0 Å². The minimum atomic E-state index is -3.40. The van der Waals surface area contributed by atoms with Gasteiger partial charge in [-0.2, -0.15) is 5.17 Å². The summed E-state index contributed by atoms with van der Waals surface area (Å²) in [6.45, 7) is 1.97. The quantitative estimate of drug-likeness (QED) is 0.830. The summed E-state index contributed by atoms with van der Waals surface area (Å²) in [5, 5.41) is 9.92. The normalized spacial score (nSPS) is 25.5. The maximum atomic E-state index is 12.4. The van der Waals surface area contributed by atoms with Crippen LogP contribution in [0, 0.1) is 0 Å². The summed E-state index contributed by atoms with van der Waals surface area (Å²) in [6.07, 6.45) is 7.59. The van der Waals surface area contributed by atoms with Gasteiger partial charge in [0.05, 0.1) is 5.25 Å². The predicted molar refractivity (Wildman–Crippen MR) is 76.2 cm³/mol. The molecule has 1 heterocycles. The van der Waals surface area contributed by atoms with Gasteiger partial charge in [0.15, 0.2) is 14.9 Å². The molecule has 0 aromatic carbocycles. The summed E-state index contributed by atoms with van der Waals surface area (Å²) >= 11 is 1.45. The van der Waals surface area contributed by atoms with E-state index >= 15 is 0 Å². The monoisotopic (exact) mass is 304 g/mol. The van der Waals surface area contributed by atoms with Crippen molar-refractivity contribution in [3.8, 4) is 0 Å². The molecule has 0 spiro atoms. The summed E-state index contributed by atoms with van der Waals surface area (Å²) in [7, 11) is -3.40. The van der Waals surface area contributed by atoms with E-state index in [1.54, 1.807) is 6.08 Å². The van der Waals surface area contributed by atoms with E-state index in [4.69, 9.17) is 0 Å². The summed E-state index contributed by atoms with van der Waals surface area (Å²) in [4.78, 5) is 0. The first kappa shape index (κ1) is 14.9. The van der Waals surface area contributed by atoms with Gasteiger partial charge in [-0.3, -0.25) is 0 Å². The Morgan fingerprint density at radius 1 is 1.37 bits per heavy atom. The summed E-state index contributed by atoms with van der Waals surface area (Å²) in [5.74, 6) is 0.809. The van der Waals surface area contributed by atoms with Gasteiger partial charge >= 0.3 is 0 Å². The van der Waals surface area contributed by atoms with E-state index in [1.807, 2.05) is 6.92 Å². The second-order valence-corrected chi connectivity index (χ2v) is 8.19. The van der Waals surface area contributed by atoms with E-state index in [0.717, 1.165) is 25.0 Å². The second-order valence-electron chi connectivity index (χ2n) is 4.71. The molecular formula is C12H20N2O3S2. The first-order valence-corrected chi connectivity index (χ1v) is 9.15. The maximum absolute atomic E-state index is 12.4. The Morgan fingerprint density at radius 2 is 2.05 bits per heavy atom. The molecule has 5 nitrogen and oxygen atoms in total. The van der Waals surface area contributed by atoms with Crippen molar-refractivity contribution in [1.82, 2.24) is 0 Å². The van der Waals surface area contributed by atoms with E-state index < -0.39 is 9.84 Å². The molecule has 0 amide bonds. The zero-order valence-corrected chi connectivity index (χ0v) is 12.6. The minimum Gasteiger partial charge on any atom is -0.437 e. The van der Waals surface area contributed by atoms with E-state index in [9.17, 15) is 13.6 Å². The number of hydrogen-bond donors (Lipinski definition) is 2. The Labute approximate surface area is 118 Å². The molecule has 1 fully saturated rings. The maximum Gasteiger partial charge on any atom is 0.192 e. The molecular weight excluding hydrogens is 284 g/mol. The van der Waals surface area contributed by atoms with Gasteiger partial charge in [-0.15, -0.1) is 0 Å². The van der Waals surface area contributed by atoms with Crippen LogP contribution >= 0.6 is 11.8 Å². The largest absolute Gasteiger partial charge is 0.437 e. The molecule has 7 heteroatoms. The Bertz CT molecular complexity index is 479. The predicted octanol–water partition coefficient (Wildman–Crippen LogP) is 1.75. The standard InChI is InChI=1S/C12H20N2O3S2/c1-2-18-12-9-8-11(13-14(12)15)19(16,17)10-6-4-3-5-7-10/h8-10,14-15H,2-7H2,1H3. The van der Waals surface area contributed by atoms with Crippen LogP contribution in [0.2, 0.25) is 0 Å². The number of allylic oxidation sites excluding steroid dienone is 2. The molecule has 1 saturated carbocycles. The van der Waals surface area contributed by atoms with Crippen LogP contribution < -0.4 is 5.17 Å². The van der Waals surface area contributed by atoms with Crippen LogP contribution in [-0.4, -0.2) is 24.6 Å². The molecule has 108 valence electrons. The zero-order valence-electron chi connectivity index (χ0n) is 11.0. The third-order valence-corrected chi connectivity index (χ3v) is 6.47. The summed E-state index contributed by atoms with van der Waals surface area (Å²) < 4.78 is 24.9. The molecule has 1 aliphatic heterocycles. The smallest absolute Gasteiger partial charge is 0.192 e. The molecule has 1 unspecified atom stereocenters. The lowest BCUT2D eigenvalue weighted by Gasteiger charge is -2.33. The SMILES string of the molecule is CCSC1=CC=C(S(=O)(=O)C2CCCCC2)[N-][NH+]1O. The number of hydrogen-bond acceptors (Lipinski definition) is 4. The first-order chi connectivity index (χ1) is 9.05. The molecule has 19 heavy (non-hydrogen) atoms. The number of sulfone groups is 1.